The van der Waals surface area contributed by atoms with Crippen molar-refractivity contribution in [2.45, 2.75) is 31.4 Å². The molecule has 4 nitrogen and oxygen atoms in total. The fraction of sp³-hybridized carbons (Fsp3) is 0.391. The Morgan fingerprint density at radius 3 is 2.63 bits per heavy atom. The highest BCUT2D eigenvalue weighted by atomic mass is 19.4. The van der Waals surface area contributed by atoms with Crippen LogP contribution in [0, 0.1) is 0 Å². The zero-order valence-corrected chi connectivity index (χ0v) is 16.4. The van der Waals surface area contributed by atoms with Gasteiger partial charge >= 0.3 is 6.18 Å². The number of alkyl halides is 3. The summed E-state index contributed by atoms with van der Waals surface area (Å²) in [6.07, 6.45) is -2.77. The highest BCUT2D eigenvalue weighted by molar-refractivity contribution is 6.02. The van der Waals surface area contributed by atoms with Crippen LogP contribution in [0.15, 0.2) is 42.5 Å². The molecule has 1 saturated heterocycles. The molecule has 0 amide bonds. The van der Waals surface area contributed by atoms with Crippen molar-refractivity contribution < 1.29 is 27.5 Å². The van der Waals surface area contributed by atoms with E-state index in [0.29, 0.717) is 42.9 Å². The Labute approximate surface area is 172 Å². The number of nitrogens with zero attached hydrogens (tertiary/aromatic N) is 1. The van der Waals surface area contributed by atoms with Crippen LogP contribution in [-0.2, 0) is 6.18 Å². The van der Waals surface area contributed by atoms with Gasteiger partial charge in [0.05, 0.1) is 17.7 Å². The minimum atomic E-state index is -4.32. The third kappa shape index (κ3) is 4.41. The zero-order valence-electron chi connectivity index (χ0n) is 16.4. The first-order chi connectivity index (χ1) is 14.3. The van der Waals surface area contributed by atoms with Crippen LogP contribution in [-0.4, -0.2) is 42.7 Å². The second-order valence-corrected chi connectivity index (χ2v) is 7.81. The minimum Gasteiger partial charge on any atom is -0.492 e. The summed E-state index contributed by atoms with van der Waals surface area (Å²) in [6.45, 7) is 2.46. The van der Waals surface area contributed by atoms with Crippen LogP contribution < -0.4 is 4.74 Å². The van der Waals surface area contributed by atoms with E-state index < -0.39 is 11.7 Å². The number of hydrogen-bond donors (Lipinski definition) is 0. The summed E-state index contributed by atoms with van der Waals surface area (Å²) >= 11 is 0. The molecule has 158 valence electrons. The predicted molar refractivity (Wildman–Crippen MR) is 105 cm³/mol. The number of benzene rings is 2. The first kappa shape index (κ1) is 20.6. The van der Waals surface area contributed by atoms with Crippen LogP contribution >= 0.6 is 0 Å². The van der Waals surface area contributed by atoms with Crippen molar-refractivity contribution in [1.29, 1.82) is 0 Å². The van der Waals surface area contributed by atoms with Gasteiger partial charge in [-0.3, -0.25) is 9.59 Å². The Balaban J connectivity index is 1.32. The Kier molecular flexibility index (Phi) is 5.64. The van der Waals surface area contributed by atoms with Gasteiger partial charge in [0.25, 0.3) is 0 Å². The molecule has 0 radical (unpaired) electrons. The van der Waals surface area contributed by atoms with Crippen molar-refractivity contribution >= 4 is 11.6 Å². The van der Waals surface area contributed by atoms with Gasteiger partial charge in [0.2, 0.25) is 0 Å². The van der Waals surface area contributed by atoms with E-state index in [9.17, 15) is 22.8 Å². The van der Waals surface area contributed by atoms with Crippen LogP contribution in [0.3, 0.4) is 0 Å². The molecule has 0 aromatic heterocycles. The fourth-order valence-corrected chi connectivity index (χ4v) is 4.09. The van der Waals surface area contributed by atoms with Crippen LogP contribution in [0.4, 0.5) is 13.2 Å². The summed E-state index contributed by atoms with van der Waals surface area (Å²) in [5.41, 5.74) is 1.31. The lowest BCUT2D eigenvalue weighted by Gasteiger charge is -2.18. The first-order valence-corrected chi connectivity index (χ1v) is 10.0. The van der Waals surface area contributed by atoms with Gasteiger partial charge in [0.1, 0.15) is 5.75 Å². The number of rotatable bonds is 5. The van der Waals surface area contributed by atoms with E-state index in [1.807, 2.05) is 0 Å². The SMILES string of the molecule is O=C(CCN1CCC(c2ccc(C(F)(F)F)cc2)C1)c1ccc2c(c1)OCCC2=O. The van der Waals surface area contributed by atoms with E-state index in [-0.39, 0.29) is 17.5 Å². The van der Waals surface area contributed by atoms with E-state index in [4.69, 9.17) is 4.74 Å². The Morgan fingerprint density at radius 1 is 1.13 bits per heavy atom. The van der Waals surface area contributed by atoms with Crippen molar-refractivity contribution in [3.8, 4) is 5.75 Å². The summed E-state index contributed by atoms with van der Waals surface area (Å²) in [6, 6.07) is 10.3. The number of carbonyl (C=O) groups excluding carboxylic acids is 2. The van der Waals surface area contributed by atoms with Crippen molar-refractivity contribution in [2.24, 2.45) is 0 Å². The first-order valence-electron chi connectivity index (χ1n) is 10.0. The zero-order chi connectivity index (χ0) is 21.3. The molecule has 0 saturated carbocycles. The van der Waals surface area contributed by atoms with Crippen molar-refractivity contribution in [1.82, 2.24) is 4.90 Å². The lowest BCUT2D eigenvalue weighted by atomic mass is 9.97. The maximum Gasteiger partial charge on any atom is 0.416 e. The number of carbonyl (C=O) groups is 2. The molecule has 0 bridgehead atoms. The molecular formula is C23H22F3NO3. The van der Waals surface area contributed by atoms with Gasteiger partial charge in [0.15, 0.2) is 11.6 Å². The van der Waals surface area contributed by atoms with Gasteiger partial charge in [-0.1, -0.05) is 18.2 Å². The average molecular weight is 417 g/mol. The molecular weight excluding hydrogens is 395 g/mol. The van der Waals surface area contributed by atoms with Gasteiger partial charge in [-0.05, 0) is 48.7 Å². The molecule has 2 aromatic rings. The summed E-state index contributed by atoms with van der Waals surface area (Å²) in [4.78, 5) is 26.6. The van der Waals surface area contributed by atoms with Gasteiger partial charge in [-0.15, -0.1) is 0 Å². The topological polar surface area (TPSA) is 46.6 Å². The summed E-state index contributed by atoms with van der Waals surface area (Å²) < 4.78 is 43.7. The second-order valence-electron chi connectivity index (χ2n) is 7.81. The minimum absolute atomic E-state index is 0.0163. The molecule has 0 spiro atoms. The lowest BCUT2D eigenvalue weighted by molar-refractivity contribution is -0.137. The third-order valence-corrected chi connectivity index (χ3v) is 5.83. The van der Waals surface area contributed by atoms with Gasteiger partial charge in [-0.25, -0.2) is 0 Å². The van der Waals surface area contributed by atoms with E-state index in [0.717, 1.165) is 37.2 Å². The van der Waals surface area contributed by atoms with E-state index in [1.165, 1.54) is 0 Å². The molecule has 2 heterocycles. The highest BCUT2D eigenvalue weighted by Crippen LogP contribution is 2.33. The Morgan fingerprint density at radius 2 is 1.90 bits per heavy atom. The highest BCUT2D eigenvalue weighted by Gasteiger charge is 2.31. The standard InChI is InChI=1S/C23H22F3NO3/c24-23(25,26)18-4-1-15(2-5-18)17-7-10-27(14-17)11-8-20(28)16-3-6-19-21(29)9-12-30-22(19)13-16/h1-6,13,17H,7-12,14H2. The van der Waals surface area contributed by atoms with Crippen LogP contribution in [0.25, 0.3) is 0 Å². The maximum atomic E-state index is 12.7. The van der Waals surface area contributed by atoms with E-state index in [1.54, 1.807) is 30.3 Å². The quantitative estimate of drug-likeness (QED) is 0.660. The molecule has 1 fully saturated rings. The molecule has 0 aliphatic carbocycles. The van der Waals surface area contributed by atoms with Crippen LogP contribution in [0.1, 0.15) is 57.0 Å². The molecule has 30 heavy (non-hydrogen) atoms. The number of fused-ring (bicyclic) bond motifs is 1. The number of ether oxygens (including phenoxy) is 1. The predicted octanol–water partition coefficient (Wildman–Crippen LogP) is 4.73. The number of halogens is 3. The fourth-order valence-electron chi connectivity index (χ4n) is 4.09. The molecule has 7 heteroatoms. The monoisotopic (exact) mass is 417 g/mol. The molecule has 2 aliphatic rings. The molecule has 2 aliphatic heterocycles. The second kappa shape index (κ2) is 8.22. The largest absolute Gasteiger partial charge is 0.492 e. The number of likely N-dealkylation sites (tertiary alicyclic amines) is 1. The van der Waals surface area contributed by atoms with Crippen LogP contribution in [0.5, 0.6) is 5.75 Å². The molecule has 0 N–H and O–H groups in total. The van der Waals surface area contributed by atoms with Crippen molar-refractivity contribution in [2.75, 3.05) is 26.2 Å². The normalized spacial score (nSPS) is 19.4. The Bertz CT molecular complexity index is 953. The average Bonchev–Trinajstić information content (AvgIpc) is 3.20. The van der Waals surface area contributed by atoms with E-state index in [2.05, 4.69) is 4.90 Å². The molecule has 4 rings (SSSR count). The maximum absolute atomic E-state index is 12.7. The number of hydrogen-bond acceptors (Lipinski definition) is 4. The summed E-state index contributed by atoms with van der Waals surface area (Å²) in [5, 5.41) is 0. The summed E-state index contributed by atoms with van der Waals surface area (Å²) in [7, 11) is 0. The van der Waals surface area contributed by atoms with Crippen molar-refractivity contribution in [3.63, 3.8) is 0 Å². The van der Waals surface area contributed by atoms with Crippen molar-refractivity contribution in [3.05, 3.63) is 64.7 Å². The smallest absolute Gasteiger partial charge is 0.416 e. The molecule has 2 aromatic carbocycles. The summed E-state index contributed by atoms with van der Waals surface area (Å²) in [5.74, 6) is 0.658. The lowest BCUT2D eigenvalue weighted by Crippen LogP contribution is -2.24. The number of ketones is 2. The van der Waals surface area contributed by atoms with Gasteiger partial charge in [-0.2, -0.15) is 13.2 Å². The Hall–Kier alpha value is -2.67. The number of Topliss-reactive ketones (excluding diaryl/α,β-unsaturated/α-hetero) is 2. The van der Waals surface area contributed by atoms with Gasteiger partial charge < -0.3 is 9.64 Å². The third-order valence-electron chi connectivity index (χ3n) is 5.83. The van der Waals surface area contributed by atoms with Crippen LogP contribution in [0.2, 0.25) is 0 Å². The molecule has 1 atom stereocenters. The van der Waals surface area contributed by atoms with E-state index >= 15 is 0 Å². The van der Waals surface area contributed by atoms with Gasteiger partial charge in [0, 0.05) is 31.5 Å². The molecule has 1 unspecified atom stereocenters.